The minimum Gasteiger partial charge on any atom is -0.350 e. The molecule has 0 aliphatic heterocycles. The zero-order valence-corrected chi connectivity index (χ0v) is 17.4. The molecular formula is C21H16F3N3O4S. The summed E-state index contributed by atoms with van der Waals surface area (Å²) in [7, 11) is -5.71. The van der Waals surface area contributed by atoms with Crippen LogP contribution in [-0.2, 0) is 16.4 Å². The first-order valence-electron chi connectivity index (χ1n) is 9.42. The average Bonchev–Trinajstić information content (AvgIpc) is 3.06. The normalized spacial score (nSPS) is 12.4. The molecule has 1 heterocycles. The number of para-hydroxylation sites is 1. The van der Waals surface area contributed by atoms with Gasteiger partial charge in [-0.15, -0.1) is 0 Å². The summed E-state index contributed by atoms with van der Waals surface area (Å²) in [5.74, 6) is 0. The number of benzene rings is 3. The number of halogens is 3. The summed E-state index contributed by atoms with van der Waals surface area (Å²) in [5, 5.41) is 16.2. The van der Waals surface area contributed by atoms with E-state index < -0.39 is 30.9 Å². The number of nitrogens with one attached hydrogen (secondary N) is 1. The molecule has 3 aromatic carbocycles. The lowest BCUT2D eigenvalue weighted by Crippen LogP contribution is -2.23. The largest absolute Gasteiger partial charge is 0.501 e. The number of nitro groups is 1. The quantitative estimate of drug-likeness (QED) is 0.300. The fraction of sp³-hybridized carbons (Fsp3) is 0.143. The van der Waals surface area contributed by atoms with Gasteiger partial charge in [-0.25, -0.2) is 8.42 Å². The Kier molecular flexibility index (Phi) is 5.08. The number of aryl methyl sites for hydroxylation is 1. The van der Waals surface area contributed by atoms with Gasteiger partial charge in [0.1, 0.15) is 5.69 Å². The lowest BCUT2D eigenvalue weighted by Gasteiger charge is -2.11. The molecule has 4 rings (SSSR count). The summed E-state index contributed by atoms with van der Waals surface area (Å²) in [4.78, 5) is 9.33. The highest BCUT2D eigenvalue weighted by molar-refractivity contribution is 7.92. The maximum atomic E-state index is 12.8. The molecular weight excluding hydrogens is 447 g/mol. The Labute approximate surface area is 180 Å². The van der Waals surface area contributed by atoms with Crippen molar-refractivity contribution in [2.45, 2.75) is 23.9 Å². The summed E-state index contributed by atoms with van der Waals surface area (Å²) in [6, 6.07) is 15.1. The Morgan fingerprint density at radius 3 is 2.34 bits per heavy atom. The molecule has 0 saturated carbocycles. The molecule has 32 heavy (non-hydrogen) atoms. The number of aromatic nitrogens is 1. The van der Waals surface area contributed by atoms with Crippen molar-refractivity contribution < 1.29 is 26.5 Å². The molecule has 11 heteroatoms. The topological polar surface area (TPSA) is 94.2 Å². The van der Waals surface area contributed by atoms with Gasteiger partial charge in [0.05, 0.1) is 9.82 Å². The van der Waals surface area contributed by atoms with Crippen molar-refractivity contribution in [3.05, 3.63) is 70.8 Å². The van der Waals surface area contributed by atoms with E-state index >= 15 is 0 Å². The number of alkyl halides is 3. The summed E-state index contributed by atoms with van der Waals surface area (Å²) >= 11 is 0. The van der Waals surface area contributed by atoms with E-state index in [4.69, 9.17) is 0 Å². The minimum atomic E-state index is -5.71. The summed E-state index contributed by atoms with van der Waals surface area (Å²) in [6.45, 7) is 2.75. The van der Waals surface area contributed by atoms with Gasteiger partial charge >= 0.3 is 5.51 Å². The van der Waals surface area contributed by atoms with E-state index in [0.29, 0.717) is 17.8 Å². The van der Waals surface area contributed by atoms with Gasteiger partial charge in [-0.2, -0.15) is 13.2 Å². The third kappa shape index (κ3) is 3.44. The van der Waals surface area contributed by atoms with Crippen molar-refractivity contribution in [2.24, 2.45) is 0 Å². The zero-order valence-electron chi connectivity index (χ0n) is 16.6. The van der Waals surface area contributed by atoms with Crippen LogP contribution in [0.4, 0.5) is 30.2 Å². The number of rotatable bonds is 5. The van der Waals surface area contributed by atoms with E-state index in [1.54, 1.807) is 12.1 Å². The van der Waals surface area contributed by atoms with Crippen molar-refractivity contribution >= 4 is 48.7 Å². The second-order valence-electron chi connectivity index (χ2n) is 7.00. The van der Waals surface area contributed by atoms with Crippen LogP contribution in [-0.4, -0.2) is 23.4 Å². The van der Waals surface area contributed by atoms with Crippen LogP contribution in [0.25, 0.3) is 21.8 Å². The van der Waals surface area contributed by atoms with Gasteiger partial charge in [-0.3, -0.25) is 10.1 Å². The van der Waals surface area contributed by atoms with E-state index in [0.717, 1.165) is 34.4 Å². The molecule has 1 aromatic heterocycles. The van der Waals surface area contributed by atoms with Crippen molar-refractivity contribution in [3.8, 4) is 0 Å². The molecule has 0 bridgehead atoms. The van der Waals surface area contributed by atoms with Crippen molar-refractivity contribution in [1.29, 1.82) is 0 Å². The van der Waals surface area contributed by atoms with Gasteiger partial charge < -0.3 is 9.88 Å². The van der Waals surface area contributed by atoms with E-state index in [1.165, 1.54) is 0 Å². The Hall–Kier alpha value is -3.60. The van der Waals surface area contributed by atoms with E-state index in [1.807, 2.05) is 37.3 Å². The van der Waals surface area contributed by atoms with Crippen LogP contribution < -0.4 is 5.32 Å². The average molecular weight is 463 g/mol. The van der Waals surface area contributed by atoms with E-state index in [-0.39, 0.29) is 5.69 Å². The van der Waals surface area contributed by atoms with Crippen LogP contribution in [0.15, 0.2) is 65.6 Å². The summed E-state index contributed by atoms with van der Waals surface area (Å²) in [6.07, 6.45) is 0. The number of hydrogen-bond acceptors (Lipinski definition) is 5. The Morgan fingerprint density at radius 2 is 1.69 bits per heavy atom. The zero-order chi connectivity index (χ0) is 23.3. The fourth-order valence-corrected chi connectivity index (χ4v) is 4.48. The van der Waals surface area contributed by atoms with Gasteiger partial charge in [0.2, 0.25) is 0 Å². The van der Waals surface area contributed by atoms with Crippen molar-refractivity contribution in [1.82, 2.24) is 4.57 Å². The minimum absolute atomic E-state index is 0.130. The van der Waals surface area contributed by atoms with Crippen molar-refractivity contribution in [2.75, 3.05) is 5.32 Å². The lowest BCUT2D eigenvalue weighted by atomic mass is 10.1. The number of sulfone groups is 1. The second kappa shape index (κ2) is 7.52. The molecule has 0 radical (unpaired) electrons. The van der Waals surface area contributed by atoms with Gasteiger partial charge in [0, 0.05) is 40.1 Å². The van der Waals surface area contributed by atoms with Crippen LogP contribution >= 0.6 is 0 Å². The molecule has 0 aliphatic carbocycles. The second-order valence-corrected chi connectivity index (χ2v) is 8.94. The molecule has 7 nitrogen and oxygen atoms in total. The van der Waals surface area contributed by atoms with Crippen LogP contribution in [0.1, 0.15) is 6.92 Å². The van der Waals surface area contributed by atoms with E-state index in [9.17, 15) is 31.7 Å². The number of nitro benzene ring substituents is 1. The molecule has 0 saturated heterocycles. The molecule has 0 aliphatic rings. The molecule has 0 amide bonds. The highest BCUT2D eigenvalue weighted by Crippen LogP contribution is 2.37. The molecule has 0 unspecified atom stereocenters. The van der Waals surface area contributed by atoms with Crippen LogP contribution in [0, 0.1) is 10.1 Å². The van der Waals surface area contributed by atoms with Gasteiger partial charge in [-0.05, 0) is 43.3 Å². The standard InChI is InChI=1S/C21H16F3N3O4S/c1-2-26-18-6-4-3-5-15(18)16-11-13(7-10-19(16)26)25-17-9-8-14(12-20(17)27(28)29)32(30,31)21(22,23)24/h3-12,25H,2H2,1H3. The summed E-state index contributed by atoms with van der Waals surface area (Å²) in [5.41, 5.74) is -4.03. The maximum absolute atomic E-state index is 12.8. The van der Waals surface area contributed by atoms with Crippen LogP contribution in [0.2, 0.25) is 0 Å². The number of anilines is 2. The fourth-order valence-electron chi connectivity index (χ4n) is 3.70. The molecule has 166 valence electrons. The van der Waals surface area contributed by atoms with Crippen LogP contribution in [0.5, 0.6) is 0 Å². The Balaban J connectivity index is 1.80. The molecule has 0 fully saturated rings. The summed E-state index contributed by atoms with van der Waals surface area (Å²) < 4.78 is 63.9. The first-order chi connectivity index (χ1) is 15.0. The maximum Gasteiger partial charge on any atom is 0.501 e. The smallest absolute Gasteiger partial charge is 0.350 e. The number of fused-ring (bicyclic) bond motifs is 3. The Morgan fingerprint density at radius 1 is 1.00 bits per heavy atom. The third-order valence-electron chi connectivity index (χ3n) is 5.15. The highest BCUT2D eigenvalue weighted by atomic mass is 32.2. The Bertz CT molecular complexity index is 1480. The number of hydrogen-bond donors (Lipinski definition) is 1. The molecule has 4 aromatic rings. The van der Waals surface area contributed by atoms with Gasteiger partial charge in [0.25, 0.3) is 15.5 Å². The first-order valence-corrected chi connectivity index (χ1v) is 10.9. The van der Waals surface area contributed by atoms with Gasteiger partial charge in [0.15, 0.2) is 0 Å². The first kappa shape index (κ1) is 21.6. The van der Waals surface area contributed by atoms with Gasteiger partial charge in [-0.1, -0.05) is 18.2 Å². The predicted octanol–water partition coefficient (Wildman–Crippen LogP) is 5.76. The SMILES string of the molecule is CCn1c2ccccc2c2cc(Nc3ccc(S(=O)(=O)C(F)(F)F)cc3[N+](=O)[O-])ccc21. The molecule has 0 spiro atoms. The lowest BCUT2D eigenvalue weighted by molar-refractivity contribution is -0.384. The molecule has 0 atom stereocenters. The monoisotopic (exact) mass is 463 g/mol. The van der Waals surface area contributed by atoms with Crippen molar-refractivity contribution in [3.63, 3.8) is 0 Å². The molecule has 1 N–H and O–H groups in total. The highest BCUT2D eigenvalue weighted by Gasteiger charge is 2.47. The third-order valence-corrected chi connectivity index (χ3v) is 6.63. The van der Waals surface area contributed by atoms with Crippen LogP contribution in [0.3, 0.4) is 0 Å². The number of nitrogens with zero attached hydrogens (tertiary/aromatic N) is 2. The predicted molar refractivity (Wildman–Crippen MR) is 115 cm³/mol. The van der Waals surface area contributed by atoms with E-state index in [2.05, 4.69) is 9.88 Å².